The van der Waals surface area contributed by atoms with Gasteiger partial charge in [-0.15, -0.1) is 0 Å². The molecule has 0 amide bonds. The topological polar surface area (TPSA) is 76.0 Å². The molecule has 2 aliphatic rings. The Labute approximate surface area is 151 Å². The lowest BCUT2D eigenvalue weighted by molar-refractivity contribution is 0.0201. The summed E-state index contributed by atoms with van der Waals surface area (Å²) in [6.45, 7) is 0. The van der Waals surface area contributed by atoms with Gasteiger partial charge in [0.15, 0.2) is 0 Å². The van der Waals surface area contributed by atoms with Crippen molar-refractivity contribution < 1.29 is 33.3 Å². The van der Waals surface area contributed by atoms with Crippen molar-refractivity contribution in [3.8, 4) is 23.0 Å². The van der Waals surface area contributed by atoms with Crippen molar-refractivity contribution in [3.05, 3.63) is 82.4 Å². The highest BCUT2D eigenvalue weighted by atomic mass is 19.1. The van der Waals surface area contributed by atoms with Crippen LogP contribution in [0.5, 0.6) is 23.0 Å². The fourth-order valence-electron chi connectivity index (χ4n) is 3.81. The van der Waals surface area contributed by atoms with Crippen LogP contribution >= 0.6 is 0 Å². The van der Waals surface area contributed by atoms with Crippen molar-refractivity contribution >= 4 is 5.97 Å². The molecular formula is C20H10F2O5. The molecule has 5 rings (SSSR count). The number of rotatable bonds is 0. The number of phenolic OH excluding ortho intramolecular Hbond substituents is 2. The third kappa shape index (κ3) is 1.88. The van der Waals surface area contributed by atoms with Gasteiger partial charge in [-0.1, -0.05) is 18.2 Å². The Balaban J connectivity index is 1.97. The predicted molar refractivity (Wildman–Crippen MR) is 87.9 cm³/mol. The highest BCUT2D eigenvalue weighted by Gasteiger charge is 2.56. The first kappa shape index (κ1) is 15.6. The molecule has 0 aromatic heterocycles. The number of ether oxygens (including phenoxy) is 2. The molecule has 0 unspecified atom stereocenters. The van der Waals surface area contributed by atoms with Crippen molar-refractivity contribution in [3.63, 3.8) is 0 Å². The number of carbonyl (C=O) groups excluding carboxylic acids is 1. The first-order valence-corrected chi connectivity index (χ1v) is 7.98. The van der Waals surface area contributed by atoms with E-state index in [1.807, 2.05) is 0 Å². The molecule has 2 N–H and O–H groups in total. The van der Waals surface area contributed by atoms with Crippen LogP contribution in [0.3, 0.4) is 0 Å². The summed E-state index contributed by atoms with van der Waals surface area (Å²) in [5, 5.41) is 19.5. The minimum atomic E-state index is -1.94. The molecule has 3 aromatic carbocycles. The highest BCUT2D eigenvalue weighted by molar-refractivity contribution is 5.97. The minimum absolute atomic E-state index is 0.144. The summed E-state index contributed by atoms with van der Waals surface area (Å²) >= 11 is 0. The number of hydrogen-bond donors (Lipinski definition) is 2. The van der Waals surface area contributed by atoms with E-state index in [9.17, 15) is 23.8 Å². The van der Waals surface area contributed by atoms with Crippen LogP contribution in [0.4, 0.5) is 8.78 Å². The van der Waals surface area contributed by atoms with Crippen molar-refractivity contribution in [2.45, 2.75) is 5.60 Å². The Kier molecular flexibility index (Phi) is 2.88. The van der Waals surface area contributed by atoms with Crippen LogP contribution in [0, 0.1) is 11.6 Å². The second-order valence-corrected chi connectivity index (χ2v) is 6.32. The largest absolute Gasteiger partial charge is 0.508 e. The lowest BCUT2D eigenvalue weighted by atomic mass is 9.77. The number of fused-ring (bicyclic) bond motifs is 6. The van der Waals surface area contributed by atoms with E-state index in [2.05, 4.69) is 0 Å². The number of halogens is 2. The van der Waals surface area contributed by atoms with Gasteiger partial charge < -0.3 is 19.7 Å². The smallest absolute Gasteiger partial charge is 0.340 e. The number of carbonyl (C=O) groups is 1. The maximum atomic E-state index is 15.0. The number of phenols is 2. The van der Waals surface area contributed by atoms with Gasteiger partial charge in [0, 0.05) is 29.8 Å². The molecule has 0 radical (unpaired) electrons. The lowest BCUT2D eigenvalue weighted by Crippen LogP contribution is -2.35. The van der Waals surface area contributed by atoms with Crippen molar-refractivity contribution in [1.29, 1.82) is 0 Å². The van der Waals surface area contributed by atoms with Gasteiger partial charge in [-0.05, 0) is 6.07 Å². The van der Waals surface area contributed by atoms with Gasteiger partial charge in [0.1, 0.15) is 34.6 Å². The maximum Gasteiger partial charge on any atom is 0.340 e. The number of benzene rings is 3. The van der Waals surface area contributed by atoms with Crippen LogP contribution in [0.15, 0.2) is 48.5 Å². The molecule has 2 aliphatic heterocycles. The first-order chi connectivity index (χ1) is 12.9. The van der Waals surface area contributed by atoms with Gasteiger partial charge in [0.25, 0.3) is 0 Å². The third-order valence-corrected chi connectivity index (χ3v) is 4.77. The molecule has 0 aliphatic carbocycles. The zero-order valence-corrected chi connectivity index (χ0v) is 13.5. The molecule has 0 bridgehead atoms. The van der Waals surface area contributed by atoms with Crippen molar-refractivity contribution in [1.82, 2.24) is 0 Å². The molecule has 27 heavy (non-hydrogen) atoms. The van der Waals surface area contributed by atoms with Gasteiger partial charge in [-0.3, -0.25) is 0 Å². The standard InChI is InChI=1S/C20H10F2O5/c21-13-5-9(23)7-15-17(13)20(12-4-2-1-3-11(12)19(25)27-20)18-14(22)6-10(24)8-16(18)26-15/h1-8,23-24H. The molecule has 1 spiro atoms. The molecule has 0 saturated carbocycles. The fraction of sp³-hybridized carbons (Fsp3) is 0.0500. The van der Waals surface area contributed by atoms with Crippen LogP contribution in [0.25, 0.3) is 0 Å². The number of esters is 1. The van der Waals surface area contributed by atoms with E-state index in [-0.39, 0.29) is 33.8 Å². The Morgan fingerprint density at radius 2 is 1.41 bits per heavy atom. The van der Waals surface area contributed by atoms with E-state index < -0.39 is 34.7 Å². The average Bonchev–Trinajstić information content (AvgIpc) is 2.87. The number of hydrogen-bond acceptors (Lipinski definition) is 5. The molecule has 0 fully saturated rings. The number of aromatic hydroxyl groups is 2. The van der Waals surface area contributed by atoms with Crippen molar-refractivity contribution in [2.75, 3.05) is 0 Å². The second kappa shape index (κ2) is 4.97. The molecule has 0 atom stereocenters. The summed E-state index contributed by atoms with van der Waals surface area (Å²) in [5.41, 5.74) is -1.98. The molecule has 0 saturated heterocycles. The van der Waals surface area contributed by atoms with E-state index >= 15 is 0 Å². The molecule has 5 nitrogen and oxygen atoms in total. The zero-order valence-electron chi connectivity index (χ0n) is 13.5. The van der Waals surface area contributed by atoms with Crippen LogP contribution in [-0.2, 0) is 10.3 Å². The van der Waals surface area contributed by atoms with Gasteiger partial charge in [-0.25, -0.2) is 13.6 Å². The second-order valence-electron chi connectivity index (χ2n) is 6.32. The van der Waals surface area contributed by atoms with Gasteiger partial charge in [0.2, 0.25) is 5.60 Å². The first-order valence-electron chi connectivity index (χ1n) is 7.98. The normalized spacial score (nSPS) is 15.6. The van der Waals surface area contributed by atoms with E-state index in [1.165, 1.54) is 12.1 Å². The summed E-state index contributed by atoms with van der Waals surface area (Å²) in [6, 6.07) is 10.2. The Morgan fingerprint density at radius 1 is 0.852 bits per heavy atom. The van der Waals surface area contributed by atoms with Crippen molar-refractivity contribution in [2.24, 2.45) is 0 Å². The Morgan fingerprint density at radius 3 is 2.00 bits per heavy atom. The van der Waals surface area contributed by atoms with Crippen LogP contribution < -0.4 is 4.74 Å². The van der Waals surface area contributed by atoms with E-state index in [4.69, 9.17) is 9.47 Å². The summed E-state index contributed by atoms with van der Waals surface area (Å²) in [7, 11) is 0. The minimum Gasteiger partial charge on any atom is -0.508 e. The average molecular weight is 368 g/mol. The summed E-state index contributed by atoms with van der Waals surface area (Å²) < 4.78 is 41.0. The van der Waals surface area contributed by atoms with Gasteiger partial charge >= 0.3 is 5.97 Å². The monoisotopic (exact) mass is 368 g/mol. The maximum absolute atomic E-state index is 15.0. The zero-order chi connectivity index (χ0) is 18.9. The van der Waals surface area contributed by atoms with Crippen LogP contribution in [-0.4, -0.2) is 16.2 Å². The summed E-state index contributed by atoms with van der Waals surface area (Å²) in [6.07, 6.45) is 0. The van der Waals surface area contributed by atoms with E-state index in [0.29, 0.717) is 0 Å². The van der Waals surface area contributed by atoms with Gasteiger partial charge in [-0.2, -0.15) is 0 Å². The highest BCUT2D eigenvalue weighted by Crippen LogP contribution is 2.58. The SMILES string of the molecule is O=C1OC2(c3ccccc31)c1c(F)cc(O)cc1Oc1cc(O)cc(F)c12. The fourth-order valence-corrected chi connectivity index (χ4v) is 3.81. The van der Waals surface area contributed by atoms with Crippen LogP contribution in [0.2, 0.25) is 0 Å². The van der Waals surface area contributed by atoms with E-state index in [0.717, 1.165) is 24.3 Å². The summed E-state index contributed by atoms with van der Waals surface area (Å²) in [4.78, 5) is 12.5. The van der Waals surface area contributed by atoms with Gasteiger partial charge in [0.05, 0.1) is 16.7 Å². The third-order valence-electron chi connectivity index (χ3n) is 4.77. The summed E-state index contributed by atoms with van der Waals surface area (Å²) in [5.74, 6) is -3.71. The quantitative estimate of drug-likeness (QED) is 0.588. The Hall–Kier alpha value is -3.61. The molecular weight excluding hydrogens is 358 g/mol. The van der Waals surface area contributed by atoms with Crippen LogP contribution in [0.1, 0.15) is 27.0 Å². The molecule has 134 valence electrons. The predicted octanol–water partition coefficient (Wildman–Crippen LogP) is 3.94. The Bertz CT molecular complexity index is 1100. The molecule has 3 aromatic rings. The molecule has 7 heteroatoms. The molecule has 2 heterocycles. The lowest BCUT2D eigenvalue weighted by Gasteiger charge is -2.36. The van der Waals surface area contributed by atoms with E-state index in [1.54, 1.807) is 12.1 Å².